The molecule has 2 N–H and O–H groups in total. The average molecular weight is 273 g/mol. The van der Waals surface area contributed by atoms with Crippen LogP contribution in [0.25, 0.3) is 0 Å². The third kappa shape index (κ3) is 3.01. The first-order chi connectivity index (χ1) is 9.81. The van der Waals surface area contributed by atoms with Crippen LogP contribution in [0.4, 0.5) is 0 Å². The van der Waals surface area contributed by atoms with Crippen LogP contribution < -0.4 is 10.5 Å². The fourth-order valence-electron chi connectivity index (χ4n) is 4.03. The molecule has 20 heavy (non-hydrogen) atoms. The molecule has 0 saturated heterocycles. The molecule has 2 heteroatoms. The normalized spacial score (nSPS) is 20.4. The van der Waals surface area contributed by atoms with Crippen molar-refractivity contribution in [3.05, 3.63) is 29.3 Å². The first-order valence-corrected chi connectivity index (χ1v) is 8.26. The summed E-state index contributed by atoms with van der Waals surface area (Å²) >= 11 is 0. The largest absolute Gasteiger partial charge is 0.493 e. The molecule has 1 aliphatic heterocycles. The zero-order valence-corrected chi connectivity index (χ0v) is 12.5. The number of aryl methyl sites for hydroxylation is 2. The third-order valence-electron chi connectivity index (χ3n) is 5.26. The third-order valence-corrected chi connectivity index (χ3v) is 5.26. The van der Waals surface area contributed by atoms with Crippen LogP contribution in [-0.2, 0) is 12.8 Å². The van der Waals surface area contributed by atoms with Crippen molar-refractivity contribution < 1.29 is 4.74 Å². The lowest BCUT2D eigenvalue weighted by molar-refractivity contribution is 0.253. The van der Waals surface area contributed by atoms with E-state index in [4.69, 9.17) is 10.5 Å². The van der Waals surface area contributed by atoms with Gasteiger partial charge < -0.3 is 10.5 Å². The van der Waals surface area contributed by atoms with Gasteiger partial charge in [0.15, 0.2) is 0 Å². The maximum absolute atomic E-state index is 5.84. The quantitative estimate of drug-likeness (QED) is 0.884. The average Bonchev–Trinajstić information content (AvgIpc) is 2.94. The van der Waals surface area contributed by atoms with Gasteiger partial charge in [-0.1, -0.05) is 25.0 Å². The molecule has 0 aromatic heterocycles. The van der Waals surface area contributed by atoms with E-state index in [1.807, 2.05) is 0 Å². The number of hydrogen-bond acceptors (Lipinski definition) is 2. The Morgan fingerprint density at radius 3 is 2.75 bits per heavy atom. The lowest BCUT2D eigenvalue weighted by atomic mass is 9.77. The van der Waals surface area contributed by atoms with E-state index in [9.17, 15) is 0 Å². The number of nitrogens with two attached hydrogens (primary N) is 1. The molecule has 1 aromatic carbocycles. The molecular formula is C18H27NO. The predicted octanol–water partition coefficient (Wildman–Crippen LogP) is 3.85. The van der Waals surface area contributed by atoms with Gasteiger partial charge in [-0.15, -0.1) is 0 Å². The van der Waals surface area contributed by atoms with Crippen molar-refractivity contribution in [3.8, 4) is 5.75 Å². The van der Waals surface area contributed by atoms with Crippen LogP contribution in [0.1, 0.15) is 56.1 Å². The van der Waals surface area contributed by atoms with Crippen molar-refractivity contribution in [2.24, 2.45) is 11.1 Å². The molecule has 0 atom stereocenters. The van der Waals surface area contributed by atoms with Gasteiger partial charge in [-0.05, 0) is 74.1 Å². The van der Waals surface area contributed by atoms with Crippen molar-refractivity contribution in [2.45, 2.75) is 57.8 Å². The van der Waals surface area contributed by atoms with Crippen LogP contribution in [0, 0.1) is 5.41 Å². The molecule has 0 amide bonds. The number of hydrogen-bond donors (Lipinski definition) is 1. The van der Waals surface area contributed by atoms with Gasteiger partial charge in [0.25, 0.3) is 0 Å². The first-order valence-electron chi connectivity index (χ1n) is 8.26. The van der Waals surface area contributed by atoms with Gasteiger partial charge in [0.1, 0.15) is 5.75 Å². The van der Waals surface area contributed by atoms with Gasteiger partial charge in [0.2, 0.25) is 0 Å². The Balaban J connectivity index is 1.65. The van der Waals surface area contributed by atoms with Crippen LogP contribution >= 0.6 is 0 Å². The summed E-state index contributed by atoms with van der Waals surface area (Å²) in [5.74, 6) is 1.11. The van der Waals surface area contributed by atoms with Gasteiger partial charge in [-0.25, -0.2) is 0 Å². The molecule has 110 valence electrons. The van der Waals surface area contributed by atoms with E-state index in [0.29, 0.717) is 5.41 Å². The summed E-state index contributed by atoms with van der Waals surface area (Å²) in [6, 6.07) is 6.81. The lowest BCUT2D eigenvalue weighted by Crippen LogP contribution is -2.21. The SMILES string of the molecule is NCCC1(CCc2ccc3c(c2)CCCO3)CCCC1. The van der Waals surface area contributed by atoms with Crippen molar-refractivity contribution >= 4 is 0 Å². The van der Waals surface area contributed by atoms with E-state index in [-0.39, 0.29) is 0 Å². The number of rotatable bonds is 5. The Morgan fingerprint density at radius 1 is 1.10 bits per heavy atom. The van der Waals surface area contributed by atoms with E-state index in [0.717, 1.165) is 25.3 Å². The summed E-state index contributed by atoms with van der Waals surface area (Å²) in [5.41, 5.74) is 9.27. The van der Waals surface area contributed by atoms with E-state index < -0.39 is 0 Å². The fraction of sp³-hybridized carbons (Fsp3) is 0.667. The molecule has 1 heterocycles. The number of fused-ring (bicyclic) bond motifs is 1. The fourth-order valence-corrected chi connectivity index (χ4v) is 4.03. The maximum atomic E-state index is 5.84. The first kappa shape index (κ1) is 13.9. The monoisotopic (exact) mass is 273 g/mol. The maximum Gasteiger partial charge on any atom is 0.122 e. The van der Waals surface area contributed by atoms with Gasteiger partial charge in [-0.3, -0.25) is 0 Å². The Hall–Kier alpha value is -1.02. The molecule has 1 aliphatic carbocycles. The smallest absolute Gasteiger partial charge is 0.122 e. The Morgan fingerprint density at radius 2 is 1.95 bits per heavy atom. The summed E-state index contributed by atoms with van der Waals surface area (Å²) in [4.78, 5) is 0. The minimum atomic E-state index is 0.543. The highest BCUT2D eigenvalue weighted by molar-refractivity contribution is 5.38. The summed E-state index contributed by atoms with van der Waals surface area (Å²) in [7, 11) is 0. The Kier molecular flexibility index (Phi) is 4.30. The molecule has 1 fully saturated rings. The molecule has 0 unspecified atom stereocenters. The highest BCUT2D eigenvalue weighted by Gasteiger charge is 2.32. The second-order valence-corrected chi connectivity index (χ2v) is 6.64. The Bertz CT molecular complexity index is 449. The second kappa shape index (κ2) is 6.17. The van der Waals surface area contributed by atoms with E-state index in [1.54, 1.807) is 0 Å². The predicted molar refractivity (Wildman–Crippen MR) is 83.2 cm³/mol. The van der Waals surface area contributed by atoms with Gasteiger partial charge >= 0.3 is 0 Å². The topological polar surface area (TPSA) is 35.2 Å². The standard InChI is InChI=1S/C18H27NO/c19-12-11-18(8-1-2-9-18)10-7-15-5-6-17-16(14-15)4-3-13-20-17/h5-6,14H,1-4,7-13,19H2. The molecule has 2 nitrogen and oxygen atoms in total. The zero-order valence-electron chi connectivity index (χ0n) is 12.5. The number of benzene rings is 1. The minimum absolute atomic E-state index is 0.543. The van der Waals surface area contributed by atoms with Crippen LogP contribution in [0.5, 0.6) is 5.75 Å². The van der Waals surface area contributed by atoms with Crippen molar-refractivity contribution in [1.29, 1.82) is 0 Å². The molecule has 3 rings (SSSR count). The van der Waals surface area contributed by atoms with Gasteiger partial charge in [0.05, 0.1) is 6.61 Å². The molecule has 2 aliphatic rings. The van der Waals surface area contributed by atoms with Crippen LogP contribution in [0.3, 0.4) is 0 Å². The van der Waals surface area contributed by atoms with Crippen LogP contribution in [-0.4, -0.2) is 13.2 Å². The molecule has 1 saturated carbocycles. The summed E-state index contributed by atoms with van der Waals surface area (Å²) in [6.45, 7) is 1.73. The van der Waals surface area contributed by atoms with Crippen LogP contribution in [0.15, 0.2) is 18.2 Å². The van der Waals surface area contributed by atoms with Crippen molar-refractivity contribution in [3.63, 3.8) is 0 Å². The second-order valence-electron chi connectivity index (χ2n) is 6.64. The highest BCUT2D eigenvalue weighted by Crippen LogP contribution is 2.44. The molecule has 0 radical (unpaired) electrons. The molecular weight excluding hydrogens is 246 g/mol. The van der Waals surface area contributed by atoms with Crippen LogP contribution in [0.2, 0.25) is 0 Å². The van der Waals surface area contributed by atoms with Gasteiger partial charge in [0, 0.05) is 0 Å². The van der Waals surface area contributed by atoms with Gasteiger partial charge in [-0.2, -0.15) is 0 Å². The molecule has 1 aromatic rings. The minimum Gasteiger partial charge on any atom is -0.493 e. The van der Waals surface area contributed by atoms with E-state index in [1.165, 1.54) is 62.5 Å². The summed E-state index contributed by atoms with van der Waals surface area (Å²) in [6.07, 6.45) is 11.6. The van der Waals surface area contributed by atoms with Crippen molar-refractivity contribution in [2.75, 3.05) is 13.2 Å². The molecule has 0 bridgehead atoms. The Labute approximate surface area is 122 Å². The zero-order chi connectivity index (χ0) is 13.8. The van der Waals surface area contributed by atoms with E-state index >= 15 is 0 Å². The number of ether oxygens (including phenoxy) is 1. The van der Waals surface area contributed by atoms with Crippen molar-refractivity contribution in [1.82, 2.24) is 0 Å². The lowest BCUT2D eigenvalue weighted by Gasteiger charge is -2.29. The highest BCUT2D eigenvalue weighted by atomic mass is 16.5. The summed E-state index contributed by atoms with van der Waals surface area (Å²) < 4.78 is 5.70. The summed E-state index contributed by atoms with van der Waals surface area (Å²) in [5, 5.41) is 0. The van der Waals surface area contributed by atoms with E-state index in [2.05, 4.69) is 18.2 Å². The molecule has 0 spiro atoms.